The summed E-state index contributed by atoms with van der Waals surface area (Å²) in [6.45, 7) is -0.548. The van der Waals surface area contributed by atoms with Gasteiger partial charge in [0.15, 0.2) is 0 Å². The maximum atomic E-state index is 9.81. The van der Waals surface area contributed by atoms with E-state index in [4.69, 9.17) is 20.4 Å². The lowest BCUT2D eigenvalue weighted by Gasteiger charge is -2.18. The predicted octanol–water partition coefficient (Wildman–Crippen LogP) is -2.80. The monoisotopic (exact) mass is 193 g/mol. The molecule has 0 aliphatic heterocycles. The van der Waals surface area contributed by atoms with Crippen LogP contribution in [0.1, 0.15) is 6.42 Å². The standard InChI is InChI=1S/C7H15NO5/c9-3-7(13)6(12)1-5(11)2-8-4-10/h4-7,9,11-13H,1-3H2,(H,8,10)/t5-,6+,7?/m1/s1. The third-order valence-electron chi connectivity index (χ3n) is 1.58. The molecule has 6 nitrogen and oxygen atoms in total. The maximum absolute atomic E-state index is 9.81. The van der Waals surface area contributed by atoms with Gasteiger partial charge in [0.1, 0.15) is 6.10 Å². The van der Waals surface area contributed by atoms with Gasteiger partial charge in [0.05, 0.1) is 18.8 Å². The Bertz CT molecular complexity index is 143. The molecule has 0 radical (unpaired) electrons. The van der Waals surface area contributed by atoms with E-state index >= 15 is 0 Å². The van der Waals surface area contributed by atoms with E-state index in [1.807, 2.05) is 0 Å². The van der Waals surface area contributed by atoms with Gasteiger partial charge in [0.2, 0.25) is 6.41 Å². The first kappa shape index (κ1) is 12.3. The lowest BCUT2D eigenvalue weighted by molar-refractivity contribution is -0.110. The molecule has 6 heteroatoms. The van der Waals surface area contributed by atoms with E-state index in [1.54, 1.807) is 0 Å². The molecule has 0 aromatic heterocycles. The zero-order valence-corrected chi connectivity index (χ0v) is 7.13. The van der Waals surface area contributed by atoms with Crippen molar-refractivity contribution >= 4 is 6.41 Å². The van der Waals surface area contributed by atoms with Crippen molar-refractivity contribution in [3.63, 3.8) is 0 Å². The minimum atomic E-state index is -1.26. The van der Waals surface area contributed by atoms with Crippen molar-refractivity contribution in [1.82, 2.24) is 5.32 Å². The normalized spacial score (nSPS) is 17.5. The fraction of sp³-hybridized carbons (Fsp3) is 0.857. The third kappa shape index (κ3) is 5.53. The van der Waals surface area contributed by atoms with Crippen molar-refractivity contribution in [3.8, 4) is 0 Å². The summed E-state index contributed by atoms with van der Waals surface area (Å²) in [5.74, 6) is 0. The van der Waals surface area contributed by atoms with E-state index in [0.717, 1.165) is 0 Å². The molecule has 13 heavy (non-hydrogen) atoms. The summed E-state index contributed by atoms with van der Waals surface area (Å²) < 4.78 is 0. The van der Waals surface area contributed by atoms with Crippen LogP contribution in [0.3, 0.4) is 0 Å². The first-order chi connectivity index (χ1) is 6.11. The molecule has 5 N–H and O–H groups in total. The van der Waals surface area contributed by atoms with Crippen molar-refractivity contribution in [2.24, 2.45) is 0 Å². The van der Waals surface area contributed by atoms with Crippen LogP contribution in [-0.4, -0.2) is 58.3 Å². The number of carbonyl (C=O) groups is 1. The predicted molar refractivity (Wildman–Crippen MR) is 43.8 cm³/mol. The minimum Gasteiger partial charge on any atom is -0.394 e. The van der Waals surface area contributed by atoms with Crippen molar-refractivity contribution in [3.05, 3.63) is 0 Å². The molecule has 0 aromatic rings. The number of nitrogens with one attached hydrogen (secondary N) is 1. The smallest absolute Gasteiger partial charge is 0.207 e. The van der Waals surface area contributed by atoms with Crippen LogP contribution in [-0.2, 0) is 4.79 Å². The maximum Gasteiger partial charge on any atom is 0.207 e. The average molecular weight is 193 g/mol. The number of carbonyl (C=O) groups excluding carboxylic acids is 1. The Kier molecular flexibility index (Phi) is 6.43. The Labute approximate surface area is 75.8 Å². The molecule has 0 bridgehead atoms. The summed E-state index contributed by atoms with van der Waals surface area (Å²) in [7, 11) is 0. The molecule has 0 aromatic carbocycles. The highest BCUT2D eigenvalue weighted by atomic mass is 16.4. The summed E-state index contributed by atoms with van der Waals surface area (Å²) >= 11 is 0. The molecule has 0 spiro atoms. The largest absolute Gasteiger partial charge is 0.394 e. The van der Waals surface area contributed by atoms with Crippen molar-refractivity contribution in [1.29, 1.82) is 0 Å². The highest BCUT2D eigenvalue weighted by molar-refractivity contribution is 5.45. The summed E-state index contributed by atoms with van der Waals surface area (Å²) in [6.07, 6.45) is -3.04. The molecule has 0 aliphatic rings. The van der Waals surface area contributed by atoms with E-state index in [1.165, 1.54) is 0 Å². The second-order valence-corrected chi connectivity index (χ2v) is 2.73. The van der Waals surface area contributed by atoms with Crippen LogP contribution < -0.4 is 5.32 Å². The van der Waals surface area contributed by atoms with E-state index in [-0.39, 0.29) is 13.0 Å². The molecule has 0 saturated heterocycles. The molecule has 0 aliphatic carbocycles. The summed E-state index contributed by atoms with van der Waals surface area (Å²) in [5.41, 5.74) is 0. The lowest BCUT2D eigenvalue weighted by atomic mass is 10.1. The first-order valence-corrected chi connectivity index (χ1v) is 3.94. The van der Waals surface area contributed by atoms with Crippen LogP contribution in [0.15, 0.2) is 0 Å². The lowest BCUT2D eigenvalue weighted by Crippen LogP contribution is -2.36. The van der Waals surface area contributed by atoms with Crippen LogP contribution in [0.4, 0.5) is 0 Å². The molecular weight excluding hydrogens is 178 g/mol. The van der Waals surface area contributed by atoms with E-state index in [9.17, 15) is 4.79 Å². The Morgan fingerprint density at radius 2 is 1.85 bits per heavy atom. The van der Waals surface area contributed by atoms with Gasteiger partial charge >= 0.3 is 0 Å². The molecule has 1 unspecified atom stereocenters. The first-order valence-electron chi connectivity index (χ1n) is 3.94. The molecule has 1 amide bonds. The van der Waals surface area contributed by atoms with E-state index in [2.05, 4.69) is 5.32 Å². The number of aliphatic hydroxyl groups is 4. The van der Waals surface area contributed by atoms with Crippen molar-refractivity contribution in [2.75, 3.05) is 13.2 Å². The van der Waals surface area contributed by atoms with Crippen LogP contribution >= 0.6 is 0 Å². The van der Waals surface area contributed by atoms with Gasteiger partial charge in [0.25, 0.3) is 0 Å². The van der Waals surface area contributed by atoms with E-state index in [0.29, 0.717) is 6.41 Å². The molecule has 0 heterocycles. The Morgan fingerprint density at radius 3 is 2.31 bits per heavy atom. The highest BCUT2D eigenvalue weighted by Crippen LogP contribution is 2.02. The average Bonchev–Trinajstić information content (AvgIpc) is 2.13. The molecule has 3 atom stereocenters. The van der Waals surface area contributed by atoms with Gasteiger partial charge < -0.3 is 25.7 Å². The van der Waals surface area contributed by atoms with Crippen LogP contribution in [0.25, 0.3) is 0 Å². The van der Waals surface area contributed by atoms with Crippen LogP contribution in [0, 0.1) is 0 Å². The number of aliphatic hydroxyl groups excluding tert-OH is 4. The van der Waals surface area contributed by atoms with Crippen molar-refractivity contribution in [2.45, 2.75) is 24.7 Å². The van der Waals surface area contributed by atoms with Gasteiger partial charge in [-0.05, 0) is 0 Å². The number of hydrogen-bond acceptors (Lipinski definition) is 5. The SMILES string of the molecule is O=CNC[C@H](O)C[C@H](O)C(O)CO. The second kappa shape index (κ2) is 6.79. The zero-order chi connectivity index (χ0) is 10.3. The molecule has 0 saturated carbocycles. The highest BCUT2D eigenvalue weighted by Gasteiger charge is 2.18. The van der Waals surface area contributed by atoms with Gasteiger partial charge in [-0.25, -0.2) is 0 Å². The van der Waals surface area contributed by atoms with E-state index < -0.39 is 24.9 Å². The number of rotatable bonds is 7. The minimum absolute atomic E-state index is 0.0126. The topological polar surface area (TPSA) is 110 Å². The molecule has 0 fully saturated rings. The molecule has 0 rings (SSSR count). The van der Waals surface area contributed by atoms with Gasteiger partial charge in [-0.1, -0.05) is 0 Å². The Balaban J connectivity index is 3.63. The summed E-state index contributed by atoms with van der Waals surface area (Å²) in [5, 5.41) is 37.8. The fourth-order valence-electron chi connectivity index (χ4n) is 0.825. The zero-order valence-electron chi connectivity index (χ0n) is 7.13. The Hall–Kier alpha value is -0.690. The van der Waals surface area contributed by atoms with Gasteiger partial charge in [-0.2, -0.15) is 0 Å². The van der Waals surface area contributed by atoms with Gasteiger partial charge in [-0.15, -0.1) is 0 Å². The summed E-state index contributed by atoms with van der Waals surface area (Å²) in [6, 6.07) is 0. The number of amides is 1. The second-order valence-electron chi connectivity index (χ2n) is 2.73. The van der Waals surface area contributed by atoms with Gasteiger partial charge in [-0.3, -0.25) is 4.79 Å². The summed E-state index contributed by atoms with van der Waals surface area (Å²) in [4.78, 5) is 9.81. The Morgan fingerprint density at radius 1 is 1.23 bits per heavy atom. The fourth-order valence-corrected chi connectivity index (χ4v) is 0.825. The number of hydrogen-bond donors (Lipinski definition) is 5. The van der Waals surface area contributed by atoms with Crippen LogP contribution in [0.2, 0.25) is 0 Å². The van der Waals surface area contributed by atoms with Gasteiger partial charge in [0, 0.05) is 13.0 Å². The third-order valence-corrected chi connectivity index (χ3v) is 1.58. The molecule has 78 valence electrons. The quantitative estimate of drug-likeness (QED) is 0.280. The van der Waals surface area contributed by atoms with Crippen LogP contribution in [0.5, 0.6) is 0 Å². The van der Waals surface area contributed by atoms with Crippen molar-refractivity contribution < 1.29 is 25.2 Å². The molecular formula is C7H15NO5.